The largest absolute Gasteiger partial charge is 0.465 e. The first-order valence-corrected chi connectivity index (χ1v) is 16.6. The summed E-state index contributed by atoms with van der Waals surface area (Å²) in [7, 11) is 4.01. The number of amides is 1. The molecule has 1 aromatic heterocycles. The first-order chi connectivity index (χ1) is 20.8. The summed E-state index contributed by atoms with van der Waals surface area (Å²) in [5, 5.41) is 6.02. The summed E-state index contributed by atoms with van der Waals surface area (Å²) in [6.45, 7) is 5.83. The number of pyridine rings is 1. The molecule has 1 amide bonds. The summed E-state index contributed by atoms with van der Waals surface area (Å²) >= 11 is 0. The van der Waals surface area contributed by atoms with Gasteiger partial charge in [-0.1, -0.05) is 84.0 Å². The molecule has 1 heterocycles. The lowest BCUT2D eigenvalue weighted by molar-refractivity contribution is -0.143. The number of carbonyl (C=O) groups is 3. The third kappa shape index (κ3) is 22.7. The van der Waals surface area contributed by atoms with Gasteiger partial charge in [-0.3, -0.25) is 14.6 Å². The van der Waals surface area contributed by atoms with Gasteiger partial charge in [0.25, 0.3) is 0 Å². The lowest BCUT2D eigenvalue weighted by Crippen LogP contribution is -2.40. The van der Waals surface area contributed by atoms with Crippen molar-refractivity contribution in [2.24, 2.45) is 0 Å². The molecule has 43 heavy (non-hydrogen) atoms. The predicted octanol–water partition coefficient (Wildman–Crippen LogP) is 6.01. The molecule has 0 saturated carbocycles. The average Bonchev–Trinajstić information content (AvgIpc) is 2.98. The highest BCUT2D eigenvalue weighted by molar-refractivity contribution is 5.89. The normalized spacial score (nSPS) is 11.8. The zero-order chi connectivity index (χ0) is 31.5. The molecule has 0 bridgehead atoms. The molecular weight excluding hydrogens is 544 g/mol. The van der Waals surface area contributed by atoms with Gasteiger partial charge in [-0.05, 0) is 52.5 Å². The highest BCUT2D eigenvalue weighted by atomic mass is 16.5. The van der Waals surface area contributed by atoms with Crippen molar-refractivity contribution in [1.29, 1.82) is 0 Å². The second kappa shape index (κ2) is 25.9. The number of esters is 2. The zero-order valence-electron chi connectivity index (χ0n) is 27.5. The summed E-state index contributed by atoms with van der Waals surface area (Å²) in [5.74, 6) is -0.776. The first kappa shape index (κ1) is 38.5. The van der Waals surface area contributed by atoms with Gasteiger partial charge in [0.15, 0.2) is 0 Å². The Labute approximate surface area is 261 Å². The molecule has 0 aliphatic heterocycles. The van der Waals surface area contributed by atoms with E-state index < -0.39 is 5.97 Å². The fraction of sp³-hybridized carbons (Fsp3) is 0.735. The molecule has 1 atom stereocenters. The Balaban J connectivity index is 2.05. The average molecular weight is 604 g/mol. The standard InChI is InChI=1S/C34H59N4O5/c1-5-6-7-8-9-10-11-12-13-14-15-16-17-19-33(40)42-24-18-25-43-34(41)30-20-22-36-31(26-30)27-35-28-32(39)37-29(2)21-23-38(3)4/h18,20,22,26,29,35H,5-17,19,21,23-25,27-28H2,1-4H3,(H,37,39). The SMILES string of the molecule is CCCCCCCCCCCCCCCC(=O)OC[CH]COC(=O)c1ccnc(CNCC(=O)NC(C)CCN(C)C)c1. The molecule has 1 radical (unpaired) electrons. The van der Waals surface area contributed by atoms with Crippen LogP contribution in [0.3, 0.4) is 0 Å². The van der Waals surface area contributed by atoms with Crippen LogP contribution < -0.4 is 10.6 Å². The van der Waals surface area contributed by atoms with Crippen LogP contribution in [-0.4, -0.2) is 74.2 Å². The number of hydrogen-bond acceptors (Lipinski definition) is 8. The monoisotopic (exact) mass is 603 g/mol. The van der Waals surface area contributed by atoms with Crippen LogP contribution in [0.25, 0.3) is 0 Å². The molecule has 0 aromatic carbocycles. The van der Waals surface area contributed by atoms with Crippen molar-refractivity contribution >= 4 is 17.8 Å². The Morgan fingerprint density at radius 3 is 2.14 bits per heavy atom. The van der Waals surface area contributed by atoms with Gasteiger partial charge in [-0.2, -0.15) is 0 Å². The fourth-order valence-corrected chi connectivity index (χ4v) is 4.63. The van der Waals surface area contributed by atoms with Gasteiger partial charge >= 0.3 is 11.9 Å². The van der Waals surface area contributed by atoms with E-state index in [4.69, 9.17) is 9.47 Å². The molecule has 0 saturated heterocycles. The number of nitrogens with one attached hydrogen (secondary N) is 2. The van der Waals surface area contributed by atoms with E-state index in [1.165, 1.54) is 70.6 Å². The fourth-order valence-electron chi connectivity index (χ4n) is 4.63. The maximum atomic E-state index is 12.4. The highest BCUT2D eigenvalue weighted by Gasteiger charge is 2.11. The number of nitrogens with zero attached hydrogens (tertiary/aromatic N) is 2. The maximum absolute atomic E-state index is 12.4. The van der Waals surface area contributed by atoms with Gasteiger partial charge in [0, 0.05) is 31.6 Å². The summed E-state index contributed by atoms with van der Waals surface area (Å²) in [4.78, 5) is 42.8. The lowest BCUT2D eigenvalue weighted by Gasteiger charge is -2.16. The summed E-state index contributed by atoms with van der Waals surface area (Å²) in [6, 6.07) is 3.32. The van der Waals surface area contributed by atoms with E-state index >= 15 is 0 Å². The van der Waals surface area contributed by atoms with E-state index in [-0.39, 0.29) is 37.7 Å². The minimum Gasteiger partial charge on any atom is -0.465 e. The van der Waals surface area contributed by atoms with Crippen LogP contribution in [0.5, 0.6) is 0 Å². The predicted molar refractivity (Wildman–Crippen MR) is 173 cm³/mol. The van der Waals surface area contributed by atoms with Gasteiger partial charge in [-0.15, -0.1) is 0 Å². The number of aromatic nitrogens is 1. The van der Waals surface area contributed by atoms with Crippen molar-refractivity contribution in [3.8, 4) is 0 Å². The third-order valence-corrected chi connectivity index (χ3v) is 7.24. The molecular formula is C34H59N4O5. The van der Waals surface area contributed by atoms with E-state index in [0.29, 0.717) is 24.2 Å². The summed E-state index contributed by atoms with van der Waals surface area (Å²) < 4.78 is 10.5. The molecule has 0 spiro atoms. The Morgan fingerprint density at radius 1 is 0.907 bits per heavy atom. The number of ether oxygens (including phenoxy) is 2. The molecule has 9 heteroatoms. The first-order valence-electron chi connectivity index (χ1n) is 16.6. The second-order valence-electron chi connectivity index (χ2n) is 11.8. The molecule has 1 aromatic rings. The van der Waals surface area contributed by atoms with Crippen LogP contribution in [0.15, 0.2) is 18.3 Å². The molecule has 2 N–H and O–H groups in total. The minimum absolute atomic E-state index is 0.0485. The number of unbranched alkanes of at least 4 members (excludes halogenated alkanes) is 12. The van der Waals surface area contributed by atoms with E-state index in [9.17, 15) is 14.4 Å². The van der Waals surface area contributed by atoms with E-state index in [0.717, 1.165) is 25.8 Å². The summed E-state index contributed by atoms with van der Waals surface area (Å²) in [5.41, 5.74) is 1.01. The van der Waals surface area contributed by atoms with Crippen molar-refractivity contribution in [2.45, 2.75) is 123 Å². The van der Waals surface area contributed by atoms with Crippen LogP contribution >= 0.6 is 0 Å². The van der Waals surface area contributed by atoms with Crippen LogP contribution in [0, 0.1) is 6.42 Å². The van der Waals surface area contributed by atoms with Gasteiger partial charge in [0.1, 0.15) is 0 Å². The van der Waals surface area contributed by atoms with E-state index in [1.54, 1.807) is 24.8 Å². The van der Waals surface area contributed by atoms with Gasteiger partial charge in [0.2, 0.25) is 5.91 Å². The maximum Gasteiger partial charge on any atom is 0.338 e. The Morgan fingerprint density at radius 2 is 1.51 bits per heavy atom. The van der Waals surface area contributed by atoms with Crippen molar-refractivity contribution < 1.29 is 23.9 Å². The Hall–Kier alpha value is -2.52. The van der Waals surface area contributed by atoms with Crippen molar-refractivity contribution in [2.75, 3.05) is 40.4 Å². The molecule has 245 valence electrons. The van der Waals surface area contributed by atoms with Gasteiger partial charge < -0.3 is 25.0 Å². The lowest BCUT2D eigenvalue weighted by atomic mass is 10.0. The van der Waals surface area contributed by atoms with E-state index in [1.807, 2.05) is 21.0 Å². The molecule has 0 fully saturated rings. The topological polar surface area (TPSA) is 110 Å². The smallest absolute Gasteiger partial charge is 0.338 e. The Kier molecular flexibility index (Phi) is 23.2. The summed E-state index contributed by atoms with van der Waals surface area (Å²) in [6.07, 6.45) is 21.0. The van der Waals surface area contributed by atoms with Crippen molar-refractivity contribution in [3.63, 3.8) is 0 Å². The molecule has 0 aliphatic rings. The molecule has 1 unspecified atom stereocenters. The molecule has 0 aliphatic carbocycles. The van der Waals surface area contributed by atoms with Crippen molar-refractivity contribution in [3.05, 3.63) is 36.0 Å². The number of rotatable bonds is 27. The van der Waals surface area contributed by atoms with Crippen LogP contribution in [-0.2, 0) is 25.6 Å². The number of carbonyl (C=O) groups excluding carboxylic acids is 3. The van der Waals surface area contributed by atoms with Crippen LogP contribution in [0.1, 0.15) is 126 Å². The van der Waals surface area contributed by atoms with E-state index in [2.05, 4.69) is 27.4 Å². The molecule has 9 nitrogen and oxygen atoms in total. The van der Waals surface area contributed by atoms with Gasteiger partial charge in [0.05, 0.1) is 31.0 Å². The number of hydrogen-bond donors (Lipinski definition) is 2. The Bertz CT molecular complexity index is 880. The quantitative estimate of drug-likeness (QED) is 0.0929. The van der Waals surface area contributed by atoms with Gasteiger partial charge in [-0.25, -0.2) is 4.79 Å². The van der Waals surface area contributed by atoms with Crippen LogP contribution in [0.2, 0.25) is 0 Å². The zero-order valence-corrected chi connectivity index (χ0v) is 27.5. The minimum atomic E-state index is -0.481. The second-order valence-corrected chi connectivity index (χ2v) is 11.8. The third-order valence-electron chi connectivity index (χ3n) is 7.24. The highest BCUT2D eigenvalue weighted by Crippen LogP contribution is 2.13. The van der Waals surface area contributed by atoms with Crippen molar-refractivity contribution in [1.82, 2.24) is 20.5 Å². The molecule has 1 rings (SSSR count). The van der Waals surface area contributed by atoms with Crippen LogP contribution in [0.4, 0.5) is 0 Å².